The van der Waals surface area contributed by atoms with E-state index in [1.165, 1.54) is 19.3 Å². The van der Waals surface area contributed by atoms with Gasteiger partial charge in [0, 0.05) is 55.0 Å². The fraction of sp³-hybridized carbons (Fsp3) is 0.455. The Labute approximate surface area is 259 Å². The second-order valence-corrected chi connectivity index (χ2v) is 11.0. The van der Waals surface area contributed by atoms with Crippen molar-refractivity contribution in [2.24, 2.45) is 22.8 Å². The summed E-state index contributed by atoms with van der Waals surface area (Å²) < 4.78 is 10.6. The lowest BCUT2D eigenvalue weighted by molar-refractivity contribution is -0.132. The van der Waals surface area contributed by atoms with Crippen molar-refractivity contribution >= 4 is 17.7 Å². The van der Waals surface area contributed by atoms with Crippen LogP contribution in [0.2, 0.25) is 0 Å². The van der Waals surface area contributed by atoms with Crippen molar-refractivity contribution in [3.8, 4) is 11.6 Å². The Kier molecular flexibility index (Phi) is 12.5. The predicted octanol–water partition coefficient (Wildman–Crippen LogP) is 2.27. The standard InChI is InChI=1S/C33H45N5O6/c1-5-13-38(14-6-2)31(41)24-16-23(30(34)40)18-33(19-24,32(35)42)27(17-25-10-8-12-29(37-25)44-4)28(39)21-36-20-22-9-7-11-26(15-22)43-3/h7-12,15-16,18,27-28,36,39H,5-6,13-14,17,19-21H2,1-4H3,(H2,34,40)(H2,35,42)/t27-,28+,33?/m1/s1. The van der Waals surface area contributed by atoms with E-state index < -0.39 is 29.3 Å². The van der Waals surface area contributed by atoms with Crippen molar-refractivity contribution in [1.82, 2.24) is 15.2 Å². The molecule has 0 radical (unpaired) electrons. The molecule has 44 heavy (non-hydrogen) atoms. The topological polar surface area (TPSA) is 170 Å². The van der Waals surface area contributed by atoms with Crippen molar-refractivity contribution in [2.75, 3.05) is 33.9 Å². The van der Waals surface area contributed by atoms with Gasteiger partial charge in [0.15, 0.2) is 0 Å². The number of nitrogens with two attached hydrogens (primary N) is 2. The molecule has 1 aromatic carbocycles. The smallest absolute Gasteiger partial charge is 0.249 e. The quantitative estimate of drug-likeness (QED) is 0.212. The molecular formula is C33H45N5O6. The van der Waals surface area contributed by atoms with Gasteiger partial charge in [0.05, 0.1) is 25.7 Å². The Bertz CT molecular complexity index is 1370. The zero-order valence-corrected chi connectivity index (χ0v) is 26.0. The number of nitrogens with zero attached hydrogens (tertiary/aromatic N) is 2. The highest BCUT2D eigenvalue weighted by Crippen LogP contribution is 2.44. The molecule has 0 bridgehead atoms. The normalized spacial score (nSPS) is 17.6. The lowest BCUT2D eigenvalue weighted by Crippen LogP contribution is -2.52. The number of amides is 3. The van der Waals surface area contributed by atoms with Gasteiger partial charge in [-0.15, -0.1) is 0 Å². The minimum atomic E-state index is -1.63. The fourth-order valence-electron chi connectivity index (χ4n) is 5.70. The number of hydrogen-bond acceptors (Lipinski definition) is 8. The highest BCUT2D eigenvalue weighted by Gasteiger charge is 2.49. The fourth-order valence-corrected chi connectivity index (χ4v) is 5.70. The number of carbonyl (C=O) groups is 3. The van der Waals surface area contributed by atoms with Gasteiger partial charge in [0.2, 0.25) is 23.6 Å². The number of hydrogen-bond donors (Lipinski definition) is 4. The molecule has 3 atom stereocenters. The lowest BCUT2D eigenvalue weighted by atomic mass is 9.63. The number of aliphatic hydroxyl groups excluding tert-OH is 1. The molecule has 6 N–H and O–H groups in total. The maximum absolute atomic E-state index is 13.8. The Morgan fingerprint density at radius 3 is 2.39 bits per heavy atom. The van der Waals surface area contributed by atoms with Gasteiger partial charge < -0.3 is 36.3 Å². The van der Waals surface area contributed by atoms with E-state index in [0.29, 0.717) is 37.0 Å². The molecule has 11 heteroatoms. The molecule has 3 amide bonds. The molecule has 0 saturated carbocycles. The molecule has 0 spiro atoms. The lowest BCUT2D eigenvalue weighted by Gasteiger charge is -2.41. The summed E-state index contributed by atoms with van der Waals surface area (Å²) in [4.78, 5) is 46.1. The Hall–Kier alpha value is -4.22. The van der Waals surface area contributed by atoms with Crippen LogP contribution in [-0.2, 0) is 27.3 Å². The van der Waals surface area contributed by atoms with Crippen LogP contribution in [-0.4, -0.2) is 72.7 Å². The number of nitrogens with one attached hydrogen (secondary N) is 1. The molecule has 1 aliphatic carbocycles. The third-order valence-corrected chi connectivity index (χ3v) is 7.88. The zero-order valence-electron chi connectivity index (χ0n) is 26.0. The molecule has 0 fully saturated rings. The third kappa shape index (κ3) is 8.45. The van der Waals surface area contributed by atoms with Crippen LogP contribution in [0, 0.1) is 11.3 Å². The number of pyridine rings is 1. The molecule has 1 aromatic heterocycles. The molecule has 11 nitrogen and oxygen atoms in total. The van der Waals surface area contributed by atoms with Crippen LogP contribution in [0.3, 0.4) is 0 Å². The highest BCUT2D eigenvalue weighted by molar-refractivity contribution is 6.03. The molecule has 1 unspecified atom stereocenters. The van der Waals surface area contributed by atoms with Gasteiger partial charge in [0.1, 0.15) is 5.75 Å². The van der Waals surface area contributed by atoms with Crippen LogP contribution in [0.1, 0.15) is 44.4 Å². The van der Waals surface area contributed by atoms with E-state index >= 15 is 0 Å². The van der Waals surface area contributed by atoms with Crippen LogP contribution >= 0.6 is 0 Å². The summed E-state index contributed by atoms with van der Waals surface area (Å²) in [6.45, 7) is 5.45. The molecule has 238 valence electrons. The maximum Gasteiger partial charge on any atom is 0.249 e. The molecule has 3 rings (SSSR count). The number of benzene rings is 1. The third-order valence-electron chi connectivity index (χ3n) is 7.88. The van der Waals surface area contributed by atoms with Gasteiger partial charge >= 0.3 is 0 Å². The Morgan fingerprint density at radius 2 is 1.77 bits per heavy atom. The first kappa shape index (κ1) is 34.3. The first-order valence-electron chi connectivity index (χ1n) is 14.9. The number of aromatic nitrogens is 1. The zero-order chi connectivity index (χ0) is 32.3. The summed E-state index contributed by atoms with van der Waals surface area (Å²) >= 11 is 0. The van der Waals surface area contributed by atoms with Crippen molar-refractivity contribution in [3.63, 3.8) is 0 Å². The van der Waals surface area contributed by atoms with E-state index in [1.807, 2.05) is 38.1 Å². The molecule has 0 saturated heterocycles. The van der Waals surface area contributed by atoms with Crippen molar-refractivity contribution < 1.29 is 29.0 Å². The van der Waals surface area contributed by atoms with Gasteiger partial charge in [-0.1, -0.05) is 38.1 Å². The number of aliphatic hydroxyl groups is 1. The summed E-state index contributed by atoms with van der Waals surface area (Å²) in [5.41, 5.74) is 12.0. The van der Waals surface area contributed by atoms with Crippen molar-refractivity contribution in [1.29, 1.82) is 0 Å². The van der Waals surface area contributed by atoms with Crippen LogP contribution in [0.25, 0.3) is 0 Å². The summed E-state index contributed by atoms with van der Waals surface area (Å²) in [6, 6.07) is 12.7. The predicted molar refractivity (Wildman–Crippen MR) is 167 cm³/mol. The van der Waals surface area contributed by atoms with Crippen molar-refractivity contribution in [2.45, 2.75) is 52.2 Å². The van der Waals surface area contributed by atoms with Crippen molar-refractivity contribution in [3.05, 3.63) is 77.0 Å². The molecule has 1 heterocycles. The first-order valence-corrected chi connectivity index (χ1v) is 14.9. The average Bonchev–Trinajstić information content (AvgIpc) is 3.02. The van der Waals surface area contributed by atoms with E-state index in [9.17, 15) is 19.5 Å². The monoisotopic (exact) mass is 607 g/mol. The minimum absolute atomic E-state index is 0.00788. The molecular weight excluding hydrogens is 562 g/mol. The van der Waals surface area contributed by atoms with E-state index in [2.05, 4.69) is 10.3 Å². The number of ether oxygens (including phenoxy) is 2. The van der Waals surface area contributed by atoms with Gasteiger partial charge in [-0.25, -0.2) is 4.98 Å². The van der Waals surface area contributed by atoms with Gasteiger partial charge in [-0.3, -0.25) is 14.4 Å². The average molecular weight is 608 g/mol. The molecule has 0 aliphatic heterocycles. The summed E-state index contributed by atoms with van der Waals surface area (Å²) in [7, 11) is 3.09. The van der Waals surface area contributed by atoms with E-state index in [1.54, 1.807) is 30.2 Å². The number of primary amides is 2. The van der Waals surface area contributed by atoms with Gasteiger partial charge in [-0.05, 0) is 55.5 Å². The van der Waals surface area contributed by atoms with Gasteiger partial charge in [0.25, 0.3) is 0 Å². The van der Waals surface area contributed by atoms with E-state index in [0.717, 1.165) is 18.4 Å². The first-order chi connectivity index (χ1) is 21.1. The second-order valence-electron chi connectivity index (χ2n) is 11.0. The summed E-state index contributed by atoms with van der Waals surface area (Å²) in [5, 5.41) is 15.0. The van der Waals surface area contributed by atoms with Crippen LogP contribution < -0.4 is 26.3 Å². The summed E-state index contributed by atoms with van der Waals surface area (Å²) in [5.74, 6) is -1.71. The molecule has 2 aromatic rings. The van der Waals surface area contributed by atoms with Gasteiger partial charge in [-0.2, -0.15) is 0 Å². The largest absolute Gasteiger partial charge is 0.497 e. The maximum atomic E-state index is 13.8. The summed E-state index contributed by atoms with van der Waals surface area (Å²) in [6.07, 6.45) is 3.18. The van der Waals surface area contributed by atoms with E-state index in [4.69, 9.17) is 20.9 Å². The SMILES string of the molecule is CCCN(CCC)C(=O)C1=CC(C(N)=O)=CC(C(N)=O)([C@H](Cc2cccc(OC)n2)[C@@H](O)CNCc2cccc(OC)c2)C1. The number of carbonyl (C=O) groups excluding carboxylic acids is 3. The highest BCUT2D eigenvalue weighted by atomic mass is 16.5. The van der Waals surface area contributed by atoms with Crippen LogP contribution in [0.15, 0.2) is 65.8 Å². The molecule has 1 aliphatic rings. The van der Waals surface area contributed by atoms with Crippen LogP contribution in [0.5, 0.6) is 11.6 Å². The Morgan fingerprint density at radius 1 is 1.07 bits per heavy atom. The Balaban J connectivity index is 2.05. The minimum Gasteiger partial charge on any atom is -0.497 e. The number of methoxy groups -OCH3 is 2. The number of rotatable bonds is 17. The van der Waals surface area contributed by atoms with Crippen LogP contribution in [0.4, 0.5) is 0 Å². The van der Waals surface area contributed by atoms with E-state index in [-0.39, 0.29) is 36.4 Å². The second kappa shape index (κ2) is 16.0.